The summed E-state index contributed by atoms with van der Waals surface area (Å²) in [7, 11) is 0. The third-order valence-corrected chi connectivity index (χ3v) is 3.86. The molecule has 5 amide bonds. The summed E-state index contributed by atoms with van der Waals surface area (Å²) in [6.45, 7) is 2.35. The number of likely N-dealkylation sites (N-methyl/N-ethyl adjacent to an activating group) is 1. The highest BCUT2D eigenvalue weighted by Crippen LogP contribution is 2.11. The SMILES string of the molecule is CCN1C(=O)C(=O)N(CC(=O)N[C@H](Cc2ccccc2)C(C)=O)C1=O. The van der Waals surface area contributed by atoms with E-state index in [1.54, 1.807) is 6.92 Å². The fraction of sp³-hybridized carbons (Fsp3) is 0.353. The van der Waals surface area contributed by atoms with Gasteiger partial charge >= 0.3 is 17.8 Å². The Kier molecular flexibility index (Phi) is 5.63. The van der Waals surface area contributed by atoms with Crippen molar-refractivity contribution in [3.63, 3.8) is 0 Å². The van der Waals surface area contributed by atoms with Crippen LogP contribution < -0.4 is 5.32 Å². The summed E-state index contributed by atoms with van der Waals surface area (Å²) in [5.74, 6) is -2.91. The van der Waals surface area contributed by atoms with Gasteiger partial charge in [0.1, 0.15) is 6.54 Å². The maximum atomic E-state index is 12.2. The Labute approximate surface area is 144 Å². The van der Waals surface area contributed by atoms with Gasteiger partial charge in [-0.25, -0.2) is 9.69 Å². The molecule has 1 aliphatic heterocycles. The molecule has 0 spiro atoms. The number of benzene rings is 1. The lowest BCUT2D eigenvalue weighted by molar-refractivity contribution is -0.144. The Balaban J connectivity index is 2.02. The van der Waals surface area contributed by atoms with Gasteiger partial charge in [-0.15, -0.1) is 0 Å². The zero-order valence-electron chi connectivity index (χ0n) is 14.0. The lowest BCUT2D eigenvalue weighted by Crippen LogP contribution is -2.47. The fourth-order valence-corrected chi connectivity index (χ4v) is 2.50. The van der Waals surface area contributed by atoms with Crippen molar-refractivity contribution in [1.29, 1.82) is 0 Å². The topological polar surface area (TPSA) is 104 Å². The molecule has 0 radical (unpaired) electrons. The molecule has 0 bridgehead atoms. The number of imide groups is 2. The Hall–Kier alpha value is -3.03. The zero-order valence-corrected chi connectivity index (χ0v) is 14.0. The number of rotatable bonds is 7. The molecule has 1 saturated heterocycles. The Morgan fingerprint density at radius 1 is 1.04 bits per heavy atom. The molecular formula is C17H19N3O5. The van der Waals surface area contributed by atoms with Crippen molar-refractivity contribution < 1.29 is 24.0 Å². The van der Waals surface area contributed by atoms with Gasteiger partial charge in [-0.3, -0.25) is 24.1 Å². The summed E-state index contributed by atoms with van der Waals surface area (Å²) in [6, 6.07) is 7.53. The van der Waals surface area contributed by atoms with Crippen LogP contribution in [-0.4, -0.2) is 58.5 Å². The van der Waals surface area contributed by atoms with Crippen molar-refractivity contribution in [1.82, 2.24) is 15.1 Å². The number of nitrogens with zero attached hydrogens (tertiary/aromatic N) is 2. The van der Waals surface area contributed by atoms with E-state index < -0.39 is 36.3 Å². The van der Waals surface area contributed by atoms with Gasteiger partial charge in [0.15, 0.2) is 5.78 Å². The third kappa shape index (κ3) is 4.09. The molecule has 1 atom stereocenters. The molecule has 1 heterocycles. The first-order valence-corrected chi connectivity index (χ1v) is 7.86. The van der Waals surface area contributed by atoms with Crippen molar-refractivity contribution in [3.05, 3.63) is 35.9 Å². The van der Waals surface area contributed by atoms with Crippen LogP contribution in [0.25, 0.3) is 0 Å². The van der Waals surface area contributed by atoms with Gasteiger partial charge in [0, 0.05) is 6.54 Å². The van der Waals surface area contributed by atoms with Gasteiger partial charge in [0.2, 0.25) is 5.91 Å². The monoisotopic (exact) mass is 345 g/mol. The van der Waals surface area contributed by atoms with Gasteiger partial charge in [-0.2, -0.15) is 0 Å². The second kappa shape index (κ2) is 7.69. The van der Waals surface area contributed by atoms with Crippen molar-refractivity contribution in [2.45, 2.75) is 26.3 Å². The first-order chi connectivity index (χ1) is 11.8. The van der Waals surface area contributed by atoms with E-state index >= 15 is 0 Å². The smallest absolute Gasteiger partial charge is 0.334 e. The van der Waals surface area contributed by atoms with E-state index in [4.69, 9.17) is 0 Å². The Morgan fingerprint density at radius 2 is 1.64 bits per heavy atom. The van der Waals surface area contributed by atoms with Crippen LogP contribution in [0.3, 0.4) is 0 Å². The minimum atomic E-state index is -1.04. The van der Waals surface area contributed by atoms with Crippen molar-refractivity contribution in [3.8, 4) is 0 Å². The number of Topliss-reactive ketones (excluding diaryl/α,β-unsaturated/α-hetero) is 1. The summed E-state index contributed by atoms with van der Waals surface area (Å²) in [6.07, 6.45) is 0.295. The van der Waals surface area contributed by atoms with Gasteiger partial charge in [-0.05, 0) is 25.8 Å². The molecule has 0 unspecified atom stereocenters. The average molecular weight is 345 g/mol. The zero-order chi connectivity index (χ0) is 18.6. The second-order valence-corrected chi connectivity index (χ2v) is 5.64. The maximum absolute atomic E-state index is 12.2. The molecule has 1 aliphatic rings. The van der Waals surface area contributed by atoms with Crippen LogP contribution in [0.2, 0.25) is 0 Å². The number of ketones is 1. The Morgan fingerprint density at radius 3 is 2.16 bits per heavy atom. The van der Waals surface area contributed by atoms with E-state index in [-0.39, 0.29) is 12.3 Å². The summed E-state index contributed by atoms with van der Waals surface area (Å²) in [4.78, 5) is 60.7. The van der Waals surface area contributed by atoms with E-state index in [2.05, 4.69) is 5.32 Å². The molecule has 2 rings (SSSR count). The van der Waals surface area contributed by atoms with E-state index in [9.17, 15) is 24.0 Å². The molecule has 0 saturated carbocycles. The molecule has 25 heavy (non-hydrogen) atoms. The molecule has 1 aromatic carbocycles. The van der Waals surface area contributed by atoms with Crippen molar-refractivity contribution in [2.24, 2.45) is 0 Å². The summed E-state index contributed by atoms with van der Waals surface area (Å²) < 4.78 is 0. The predicted octanol–water partition coefficient (Wildman–Crippen LogP) is 0.114. The summed E-state index contributed by atoms with van der Waals surface area (Å²) in [5, 5.41) is 2.52. The number of amides is 5. The number of hydrogen-bond acceptors (Lipinski definition) is 5. The average Bonchev–Trinajstić information content (AvgIpc) is 2.78. The van der Waals surface area contributed by atoms with Crippen molar-refractivity contribution >= 4 is 29.5 Å². The quantitative estimate of drug-likeness (QED) is 0.558. The largest absolute Gasteiger partial charge is 0.344 e. The van der Waals surface area contributed by atoms with Crippen LogP contribution in [0.1, 0.15) is 19.4 Å². The fourth-order valence-electron chi connectivity index (χ4n) is 2.50. The van der Waals surface area contributed by atoms with Crippen LogP contribution in [0.15, 0.2) is 30.3 Å². The van der Waals surface area contributed by atoms with Gasteiger partial charge in [-0.1, -0.05) is 30.3 Å². The number of urea groups is 1. The molecule has 0 aliphatic carbocycles. The molecule has 132 valence electrons. The third-order valence-electron chi connectivity index (χ3n) is 3.86. The number of carbonyl (C=O) groups is 5. The molecule has 8 heteroatoms. The normalized spacial score (nSPS) is 15.5. The summed E-state index contributed by atoms with van der Waals surface area (Å²) >= 11 is 0. The van der Waals surface area contributed by atoms with Crippen LogP contribution in [-0.2, 0) is 25.6 Å². The number of nitrogens with one attached hydrogen (secondary N) is 1. The van der Waals surface area contributed by atoms with Gasteiger partial charge in [0.05, 0.1) is 6.04 Å². The molecule has 1 fully saturated rings. The first kappa shape index (κ1) is 18.3. The number of carbonyl (C=O) groups excluding carboxylic acids is 5. The van der Waals surface area contributed by atoms with Crippen LogP contribution in [0, 0.1) is 0 Å². The lowest BCUT2D eigenvalue weighted by atomic mass is 10.0. The minimum absolute atomic E-state index is 0.0472. The maximum Gasteiger partial charge on any atom is 0.334 e. The van der Waals surface area contributed by atoms with Crippen LogP contribution in [0.5, 0.6) is 0 Å². The van der Waals surface area contributed by atoms with Crippen LogP contribution in [0.4, 0.5) is 4.79 Å². The number of hydrogen-bond donors (Lipinski definition) is 1. The molecule has 0 aromatic heterocycles. The summed E-state index contributed by atoms with van der Waals surface area (Å²) in [5.41, 5.74) is 0.865. The second-order valence-electron chi connectivity index (χ2n) is 5.64. The standard InChI is InChI=1S/C17H19N3O5/c1-3-19-15(23)16(24)20(17(19)25)10-14(22)18-13(11(2)21)9-12-7-5-4-6-8-12/h4-8,13H,3,9-10H2,1-2H3,(H,18,22)/t13-/m1/s1. The van der Waals surface area contributed by atoms with E-state index in [0.29, 0.717) is 11.3 Å². The van der Waals surface area contributed by atoms with Gasteiger partial charge in [0.25, 0.3) is 0 Å². The molecule has 8 nitrogen and oxygen atoms in total. The van der Waals surface area contributed by atoms with Crippen molar-refractivity contribution in [2.75, 3.05) is 13.1 Å². The first-order valence-electron chi connectivity index (χ1n) is 7.86. The van der Waals surface area contributed by atoms with E-state index in [1.165, 1.54) is 6.92 Å². The molecule has 1 N–H and O–H groups in total. The highest BCUT2D eigenvalue weighted by molar-refractivity contribution is 6.45. The highest BCUT2D eigenvalue weighted by atomic mass is 16.2. The van der Waals surface area contributed by atoms with Gasteiger partial charge < -0.3 is 5.32 Å². The lowest BCUT2D eigenvalue weighted by Gasteiger charge is -2.18. The molecular weight excluding hydrogens is 326 g/mol. The Bertz CT molecular complexity index is 716. The van der Waals surface area contributed by atoms with Crippen LogP contribution >= 0.6 is 0 Å². The highest BCUT2D eigenvalue weighted by Gasteiger charge is 2.44. The molecule has 1 aromatic rings. The van der Waals surface area contributed by atoms with E-state index in [1.807, 2.05) is 30.3 Å². The minimum Gasteiger partial charge on any atom is -0.344 e. The van der Waals surface area contributed by atoms with E-state index in [0.717, 1.165) is 10.5 Å². The predicted molar refractivity (Wildman–Crippen MR) is 87.3 cm³/mol.